The molecule has 0 unspecified atom stereocenters. The van der Waals surface area contributed by atoms with Gasteiger partial charge in [-0.05, 0) is 29.8 Å². The minimum atomic E-state index is -3.59. The molecule has 2 N–H and O–H groups in total. The van der Waals surface area contributed by atoms with Crippen LogP contribution in [0.15, 0.2) is 65.8 Å². The Bertz CT molecular complexity index is 1170. The van der Waals surface area contributed by atoms with Crippen molar-refractivity contribution in [2.75, 3.05) is 23.7 Å². The van der Waals surface area contributed by atoms with Crippen molar-refractivity contribution in [2.24, 2.45) is 0 Å². The van der Waals surface area contributed by atoms with E-state index in [1.807, 2.05) is 30.3 Å². The molecule has 0 saturated carbocycles. The lowest BCUT2D eigenvalue weighted by Gasteiger charge is -2.18. The van der Waals surface area contributed by atoms with Gasteiger partial charge in [-0.15, -0.1) is 0 Å². The van der Waals surface area contributed by atoms with Gasteiger partial charge < -0.3 is 10.6 Å². The van der Waals surface area contributed by atoms with Crippen molar-refractivity contribution in [1.82, 2.24) is 14.3 Å². The van der Waals surface area contributed by atoms with Gasteiger partial charge in [0.05, 0.1) is 9.82 Å². The number of nitro groups is 1. The fourth-order valence-electron chi connectivity index (χ4n) is 3.11. The minimum absolute atomic E-state index is 0.0000817. The molecular weight excluding hydrogens is 432 g/mol. The number of anilines is 3. The number of hydrogen-bond donors (Lipinski definition) is 2. The molecule has 0 bridgehead atoms. The topological polar surface area (TPSA) is 130 Å². The molecule has 10 nitrogen and oxygen atoms in total. The number of aromatic nitrogens is 2. The highest BCUT2D eigenvalue weighted by molar-refractivity contribution is 7.89. The Balaban J connectivity index is 1.83. The molecule has 3 aromatic rings. The van der Waals surface area contributed by atoms with Crippen molar-refractivity contribution in [3.8, 4) is 0 Å². The van der Waals surface area contributed by atoms with Crippen LogP contribution in [0, 0.1) is 10.1 Å². The van der Waals surface area contributed by atoms with E-state index in [2.05, 4.69) is 20.6 Å². The Hall–Kier alpha value is -3.57. The maximum Gasteiger partial charge on any atom is 0.353 e. The van der Waals surface area contributed by atoms with Crippen molar-refractivity contribution in [2.45, 2.75) is 25.3 Å². The number of nitrogens with zero attached hydrogens (tertiary/aromatic N) is 4. The van der Waals surface area contributed by atoms with Crippen LogP contribution in [0.1, 0.15) is 19.4 Å². The van der Waals surface area contributed by atoms with Gasteiger partial charge in [0.15, 0.2) is 0 Å². The van der Waals surface area contributed by atoms with Gasteiger partial charge in [0.25, 0.3) is 0 Å². The molecule has 1 aromatic heterocycles. The van der Waals surface area contributed by atoms with Crippen molar-refractivity contribution >= 4 is 33.0 Å². The Morgan fingerprint density at radius 3 is 2.19 bits per heavy atom. The van der Waals surface area contributed by atoms with E-state index in [1.54, 1.807) is 26.0 Å². The van der Waals surface area contributed by atoms with Crippen LogP contribution < -0.4 is 10.6 Å². The van der Waals surface area contributed by atoms with Crippen LogP contribution in [0.3, 0.4) is 0 Å². The Morgan fingerprint density at radius 1 is 0.969 bits per heavy atom. The number of hydrogen-bond acceptors (Lipinski definition) is 8. The summed E-state index contributed by atoms with van der Waals surface area (Å²) >= 11 is 0. The molecule has 11 heteroatoms. The first-order chi connectivity index (χ1) is 15.4. The van der Waals surface area contributed by atoms with Gasteiger partial charge in [-0.1, -0.05) is 44.2 Å². The third-order valence-corrected chi connectivity index (χ3v) is 6.83. The minimum Gasteiger partial charge on any atom is -0.360 e. The van der Waals surface area contributed by atoms with Crippen LogP contribution in [0.25, 0.3) is 0 Å². The zero-order chi connectivity index (χ0) is 23.1. The van der Waals surface area contributed by atoms with Crippen molar-refractivity contribution < 1.29 is 13.3 Å². The molecule has 1 heterocycles. The van der Waals surface area contributed by atoms with Crippen molar-refractivity contribution in [3.63, 3.8) is 0 Å². The van der Waals surface area contributed by atoms with Crippen LogP contribution >= 0.6 is 0 Å². The summed E-state index contributed by atoms with van der Waals surface area (Å²) in [7, 11) is -3.59. The normalized spacial score (nSPS) is 11.3. The molecule has 3 rings (SSSR count). The molecule has 0 radical (unpaired) electrons. The fourth-order valence-corrected chi connectivity index (χ4v) is 4.57. The zero-order valence-electron chi connectivity index (χ0n) is 17.7. The average Bonchev–Trinajstić information content (AvgIpc) is 2.79. The van der Waals surface area contributed by atoms with Gasteiger partial charge in [0.2, 0.25) is 21.7 Å². The summed E-state index contributed by atoms with van der Waals surface area (Å²) in [5.74, 6) is 0.0806. The molecule has 0 atom stereocenters. The highest BCUT2D eigenvalue weighted by atomic mass is 32.2. The molecule has 168 valence electrons. The molecule has 0 saturated heterocycles. The first kappa shape index (κ1) is 23.1. The highest BCUT2D eigenvalue weighted by Crippen LogP contribution is 2.31. The Morgan fingerprint density at radius 2 is 1.59 bits per heavy atom. The van der Waals surface area contributed by atoms with Crippen molar-refractivity contribution in [3.05, 3.63) is 76.6 Å². The standard InChI is InChI=1S/C21H24N6O4S/c1-3-26(4-2)32(30,31)18-12-10-17(11-13-18)25-21-19(27(28)29)20(23-15-24-21)22-14-16-8-6-5-7-9-16/h5-13,15H,3-4,14H2,1-2H3,(H2,22,23,24,25). The molecule has 0 fully saturated rings. The van der Waals surface area contributed by atoms with E-state index in [9.17, 15) is 18.5 Å². The zero-order valence-corrected chi connectivity index (χ0v) is 18.5. The summed E-state index contributed by atoms with van der Waals surface area (Å²) in [4.78, 5) is 19.3. The van der Waals surface area contributed by atoms with E-state index >= 15 is 0 Å². The second-order valence-electron chi connectivity index (χ2n) is 6.75. The SMILES string of the molecule is CCN(CC)S(=O)(=O)c1ccc(Nc2ncnc(NCc3ccccc3)c2[N+](=O)[O-])cc1. The smallest absolute Gasteiger partial charge is 0.353 e. The van der Waals surface area contributed by atoms with Gasteiger partial charge in [-0.3, -0.25) is 10.1 Å². The molecular formula is C21H24N6O4S. The number of sulfonamides is 1. The predicted molar refractivity (Wildman–Crippen MR) is 122 cm³/mol. The van der Waals surface area contributed by atoms with Crippen molar-refractivity contribution in [1.29, 1.82) is 0 Å². The van der Waals surface area contributed by atoms with Crippen LogP contribution in [-0.2, 0) is 16.6 Å². The summed E-state index contributed by atoms with van der Waals surface area (Å²) < 4.78 is 26.6. The third-order valence-electron chi connectivity index (χ3n) is 4.77. The highest BCUT2D eigenvalue weighted by Gasteiger charge is 2.24. The van der Waals surface area contributed by atoms with Gasteiger partial charge in [0.1, 0.15) is 6.33 Å². The molecule has 0 aliphatic carbocycles. The van der Waals surface area contributed by atoms with Crippen LogP contribution in [0.2, 0.25) is 0 Å². The molecule has 0 aliphatic rings. The van der Waals surface area contributed by atoms with E-state index in [1.165, 1.54) is 22.8 Å². The second-order valence-corrected chi connectivity index (χ2v) is 8.69. The number of nitrogens with one attached hydrogen (secondary N) is 2. The van der Waals surface area contributed by atoms with Gasteiger partial charge in [-0.25, -0.2) is 18.4 Å². The first-order valence-electron chi connectivity index (χ1n) is 10.0. The van der Waals surface area contributed by atoms with E-state index in [4.69, 9.17) is 0 Å². The van der Waals surface area contributed by atoms with E-state index in [0.717, 1.165) is 5.56 Å². The van der Waals surface area contributed by atoms with Crippen LogP contribution in [-0.4, -0.2) is 40.7 Å². The molecule has 32 heavy (non-hydrogen) atoms. The summed E-state index contributed by atoms with van der Waals surface area (Å²) in [5, 5.41) is 17.6. The summed E-state index contributed by atoms with van der Waals surface area (Å²) in [6.07, 6.45) is 1.22. The quantitative estimate of drug-likeness (QED) is 0.348. The summed E-state index contributed by atoms with van der Waals surface area (Å²) in [6.45, 7) is 4.63. The lowest BCUT2D eigenvalue weighted by molar-refractivity contribution is -0.383. The van der Waals surface area contributed by atoms with Crippen LogP contribution in [0.4, 0.5) is 23.0 Å². The Labute approximate surface area is 186 Å². The fraction of sp³-hybridized carbons (Fsp3) is 0.238. The van der Waals surface area contributed by atoms with E-state index < -0.39 is 14.9 Å². The first-order valence-corrected chi connectivity index (χ1v) is 11.4. The maximum absolute atomic E-state index is 12.6. The second kappa shape index (κ2) is 10.2. The molecule has 0 aliphatic heterocycles. The van der Waals surface area contributed by atoms with E-state index in [0.29, 0.717) is 25.3 Å². The van der Waals surface area contributed by atoms with Gasteiger partial charge in [-0.2, -0.15) is 4.31 Å². The summed E-state index contributed by atoms with van der Waals surface area (Å²) in [5.41, 5.74) is 1.10. The third kappa shape index (κ3) is 5.18. The monoisotopic (exact) mass is 456 g/mol. The summed E-state index contributed by atoms with van der Waals surface area (Å²) in [6, 6.07) is 15.4. The average molecular weight is 457 g/mol. The van der Waals surface area contributed by atoms with Crippen LogP contribution in [0.5, 0.6) is 0 Å². The molecule has 2 aromatic carbocycles. The molecule has 0 amide bonds. The number of rotatable bonds is 10. The lowest BCUT2D eigenvalue weighted by Crippen LogP contribution is -2.30. The number of benzene rings is 2. The molecule has 0 spiro atoms. The van der Waals surface area contributed by atoms with Gasteiger partial charge in [0, 0.05) is 25.3 Å². The van der Waals surface area contributed by atoms with Gasteiger partial charge >= 0.3 is 5.69 Å². The maximum atomic E-state index is 12.6. The lowest BCUT2D eigenvalue weighted by atomic mass is 10.2. The Kier molecular flexibility index (Phi) is 7.33. The largest absolute Gasteiger partial charge is 0.360 e. The predicted octanol–water partition coefficient (Wildman–Crippen LogP) is 3.77. The van der Waals surface area contributed by atoms with E-state index in [-0.39, 0.29) is 22.2 Å².